The van der Waals surface area contributed by atoms with Crippen LogP contribution in [0.2, 0.25) is 0 Å². The van der Waals surface area contributed by atoms with Crippen LogP contribution >= 0.6 is 0 Å². The van der Waals surface area contributed by atoms with Crippen LogP contribution in [0, 0.1) is 0 Å². The number of ether oxygens (including phenoxy) is 2. The lowest BCUT2D eigenvalue weighted by molar-refractivity contribution is -0.138. The first-order chi connectivity index (χ1) is 21.6. The Labute approximate surface area is 259 Å². The number of hydrogen-bond acceptors (Lipinski definition) is 7. The molecule has 1 aromatic heterocycles. The first kappa shape index (κ1) is 30.8. The quantitative estimate of drug-likeness (QED) is 0.338. The Morgan fingerprint density at radius 3 is 2.56 bits per heavy atom. The summed E-state index contributed by atoms with van der Waals surface area (Å²) < 4.78 is 54.1. The smallest absolute Gasteiger partial charge is 0.416 e. The second-order valence-corrected chi connectivity index (χ2v) is 11.7. The van der Waals surface area contributed by atoms with Gasteiger partial charge >= 0.3 is 6.18 Å². The number of nitrogens with zero attached hydrogens (tertiary/aromatic N) is 3. The van der Waals surface area contributed by atoms with Gasteiger partial charge in [-0.2, -0.15) is 13.2 Å². The van der Waals surface area contributed by atoms with Crippen LogP contribution in [0.3, 0.4) is 0 Å². The third kappa shape index (κ3) is 6.91. The van der Waals surface area contributed by atoms with Crippen LogP contribution in [-0.2, 0) is 23.9 Å². The van der Waals surface area contributed by atoms with Gasteiger partial charge in [0.05, 0.1) is 12.7 Å². The van der Waals surface area contributed by atoms with Crippen LogP contribution < -0.4 is 20.1 Å². The molecule has 6 rings (SSSR count). The summed E-state index contributed by atoms with van der Waals surface area (Å²) in [4.78, 5) is 33.5. The number of amides is 2. The predicted octanol–water partition coefficient (Wildman–Crippen LogP) is 5.21. The van der Waals surface area contributed by atoms with Gasteiger partial charge in [-0.05, 0) is 61.3 Å². The van der Waals surface area contributed by atoms with Crippen molar-refractivity contribution in [1.82, 2.24) is 20.1 Å². The fourth-order valence-corrected chi connectivity index (χ4v) is 6.12. The summed E-state index contributed by atoms with van der Waals surface area (Å²) in [6.07, 6.45) is -1.55. The van der Waals surface area contributed by atoms with E-state index in [0.717, 1.165) is 36.8 Å². The Hall–Kier alpha value is -4.16. The number of carbonyl (C=O) groups is 2. The zero-order valence-electron chi connectivity index (χ0n) is 25.2. The van der Waals surface area contributed by atoms with Gasteiger partial charge < -0.3 is 25.0 Å². The van der Waals surface area contributed by atoms with Gasteiger partial charge in [0.1, 0.15) is 23.1 Å². The number of aromatic nitrogens is 1. The van der Waals surface area contributed by atoms with Crippen molar-refractivity contribution in [1.29, 1.82) is 0 Å². The molecule has 1 saturated heterocycles. The first-order valence-corrected chi connectivity index (χ1v) is 15.2. The maximum absolute atomic E-state index is 14.1. The molecule has 0 bridgehead atoms. The monoisotopic (exact) mass is 623 g/mol. The molecule has 2 fully saturated rings. The SMILES string of the molecule is CCN1CCN(Cc2ccc(C(=O)NC3C[C@@H]3c3cc(Oc4ccnc5c4CCC(=O)N5)ccc3OC)cc2C(F)(F)F)CC1. The third-order valence-corrected chi connectivity index (χ3v) is 8.79. The molecule has 0 spiro atoms. The van der Waals surface area contributed by atoms with Crippen molar-refractivity contribution < 1.29 is 32.2 Å². The minimum atomic E-state index is -4.58. The van der Waals surface area contributed by atoms with E-state index in [4.69, 9.17) is 9.47 Å². The van der Waals surface area contributed by atoms with Crippen molar-refractivity contribution in [2.75, 3.05) is 45.2 Å². The number of fused-ring (bicyclic) bond motifs is 1. The number of pyridine rings is 1. The van der Waals surface area contributed by atoms with Crippen molar-refractivity contribution in [2.45, 2.75) is 50.9 Å². The number of hydrogen-bond donors (Lipinski definition) is 2. The molecule has 1 aliphatic carbocycles. The summed E-state index contributed by atoms with van der Waals surface area (Å²) in [5.74, 6) is 1.51. The zero-order chi connectivity index (χ0) is 31.7. The molecule has 3 aliphatic rings. The standard InChI is InChI=1S/C33H36F3N5O4/c1-3-40-12-14-41(15-13-40)19-21-5-4-20(16-26(21)33(34,35)36)32(43)38-27-18-24(27)25-17-22(6-8-28(25)44-2)45-29-10-11-37-31-23(29)7-9-30(42)39-31/h4-6,8,10-11,16-17,24,27H,3,7,9,12-15,18-19H2,1-2H3,(H,38,43)(H,37,39,42)/t24-,27?/m1/s1. The van der Waals surface area contributed by atoms with Gasteiger partial charge in [0.15, 0.2) is 0 Å². The van der Waals surface area contributed by atoms with Crippen LogP contribution in [-0.4, -0.2) is 72.5 Å². The van der Waals surface area contributed by atoms with Crippen LogP contribution in [0.4, 0.5) is 19.0 Å². The molecule has 2 N–H and O–H groups in total. The van der Waals surface area contributed by atoms with E-state index in [9.17, 15) is 22.8 Å². The van der Waals surface area contributed by atoms with Gasteiger partial charge in [0.2, 0.25) is 5.91 Å². The maximum atomic E-state index is 14.1. The van der Waals surface area contributed by atoms with Gasteiger partial charge in [0.25, 0.3) is 5.91 Å². The number of likely N-dealkylation sites (N-methyl/N-ethyl adjacent to an activating group) is 1. The average Bonchev–Trinajstić information content (AvgIpc) is 3.79. The number of nitrogens with one attached hydrogen (secondary N) is 2. The lowest BCUT2D eigenvalue weighted by Crippen LogP contribution is -2.45. The van der Waals surface area contributed by atoms with Gasteiger partial charge in [-0.1, -0.05) is 13.0 Å². The largest absolute Gasteiger partial charge is 0.496 e. The van der Waals surface area contributed by atoms with E-state index >= 15 is 0 Å². The molecule has 2 atom stereocenters. The Morgan fingerprint density at radius 2 is 1.82 bits per heavy atom. The van der Waals surface area contributed by atoms with E-state index in [1.165, 1.54) is 12.1 Å². The van der Waals surface area contributed by atoms with E-state index in [0.29, 0.717) is 55.4 Å². The molecular formula is C33H36F3N5O4. The highest BCUT2D eigenvalue weighted by molar-refractivity contribution is 5.95. The summed E-state index contributed by atoms with van der Waals surface area (Å²) in [6, 6.07) is 10.8. The molecule has 9 nitrogen and oxygen atoms in total. The Morgan fingerprint density at radius 1 is 1.04 bits per heavy atom. The minimum Gasteiger partial charge on any atom is -0.496 e. The Bertz CT molecular complexity index is 1590. The Balaban J connectivity index is 1.14. The number of benzene rings is 2. The lowest BCUT2D eigenvalue weighted by Gasteiger charge is -2.34. The van der Waals surface area contributed by atoms with Crippen molar-refractivity contribution in [3.05, 3.63) is 76.5 Å². The third-order valence-electron chi connectivity index (χ3n) is 8.79. The molecule has 0 radical (unpaired) electrons. The highest BCUT2D eigenvalue weighted by Crippen LogP contribution is 2.47. The molecule has 45 heavy (non-hydrogen) atoms. The number of halogens is 3. The van der Waals surface area contributed by atoms with Crippen LogP contribution in [0.1, 0.15) is 58.3 Å². The van der Waals surface area contributed by atoms with Gasteiger partial charge in [-0.3, -0.25) is 14.5 Å². The number of anilines is 1. The molecule has 3 heterocycles. The van der Waals surface area contributed by atoms with Crippen molar-refractivity contribution in [3.8, 4) is 17.2 Å². The molecule has 1 saturated carbocycles. The zero-order valence-corrected chi connectivity index (χ0v) is 25.2. The average molecular weight is 624 g/mol. The van der Waals surface area contributed by atoms with E-state index in [2.05, 4.69) is 27.4 Å². The lowest BCUT2D eigenvalue weighted by atomic mass is 10.0. The van der Waals surface area contributed by atoms with E-state index in [1.807, 2.05) is 11.0 Å². The van der Waals surface area contributed by atoms with Crippen molar-refractivity contribution >= 4 is 17.6 Å². The second kappa shape index (κ2) is 12.7. The number of methoxy groups -OCH3 is 1. The topological polar surface area (TPSA) is 96.0 Å². The number of alkyl halides is 3. The summed E-state index contributed by atoms with van der Waals surface area (Å²) in [7, 11) is 1.56. The van der Waals surface area contributed by atoms with Gasteiger partial charge in [0, 0.05) is 74.0 Å². The predicted molar refractivity (Wildman–Crippen MR) is 162 cm³/mol. The normalized spacial score (nSPS) is 20.2. The van der Waals surface area contributed by atoms with E-state index in [1.54, 1.807) is 31.5 Å². The minimum absolute atomic E-state index is 0.0221. The Kier molecular flexibility index (Phi) is 8.69. The number of rotatable bonds is 9. The molecular weight excluding hydrogens is 587 g/mol. The van der Waals surface area contributed by atoms with E-state index in [-0.39, 0.29) is 35.5 Å². The molecule has 238 valence electrons. The number of carbonyl (C=O) groups excluding carboxylic acids is 2. The highest BCUT2D eigenvalue weighted by atomic mass is 19.4. The molecule has 1 unspecified atom stereocenters. The number of piperazine rings is 1. The molecule has 2 aromatic carbocycles. The van der Waals surface area contributed by atoms with Gasteiger partial charge in [-0.15, -0.1) is 0 Å². The summed E-state index contributed by atoms with van der Waals surface area (Å²) in [6.45, 7) is 6.25. The van der Waals surface area contributed by atoms with Crippen molar-refractivity contribution in [3.63, 3.8) is 0 Å². The highest BCUT2D eigenvalue weighted by Gasteiger charge is 2.42. The fourth-order valence-electron chi connectivity index (χ4n) is 6.12. The second-order valence-electron chi connectivity index (χ2n) is 11.7. The maximum Gasteiger partial charge on any atom is 0.416 e. The molecule has 3 aromatic rings. The summed E-state index contributed by atoms with van der Waals surface area (Å²) >= 11 is 0. The summed E-state index contributed by atoms with van der Waals surface area (Å²) in [5.41, 5.74) is 1.02. The summed E-state index contributed by atoms with van der Waals surface area (Å²) in [5, 5.41) is 5.67. The van der Waals surface area contributed by atoms with Crippen LogP contribution in [0.25, 0.3) is 0 Å². The molecule has 2 amide bonds. The molecule has 2 aliphatic heterocycles. The fraction of sp³-hybridized carbons (Fsp3) is 0.424. The van der Waals surface area contributed by atoms with E-state index < -0.39 is 17.6 Å². The molecule has 12 heteroatoms. The van der Waals surface area contributed by atoms with Crippen molar-refractivity contribution in [2.24, 2.45) is 0 Å². The van der Waals surface area contributed by atoms with Gasteiger partial charge in [-0.25, -0.2) is 4.98 Å². The van der Waals surface area contributed by atoms with Crippen LogP contribution in [0.15, 0.2) is 48.7 Å². The first-order valence-electron chi connectivity index (χ1n) is 15.2. The van der Waals surface area contributed by atoms with Crippen LogP contribution in [0.5, 0.6) is 17.2 Å².